The second-order valence-electron chi connectivity index (χ2n) is 3.92. The van der Waals surface area contributed by atoms with Crippen LogP contribution in [0.3, 0.4) is 0 Å². The Balaban J connectivity index is 1.85. The highest BCUT2D eigenvalue weighted by Gasteiger charge is 2.15. The maximum Gasteiger partial charge on any atom is 0.374 e. The highest BCUT2D eigenvalue weighted by atomic mass is 16.5. The molecular formula is C11H12N4O4. The minimum absolute atomic E-state index is 0.0611. The van der Waals surface area contributed by atoms with Gasteiger partial charge in [0.15, 0.2) is 5.69 Å². The molecule has 0 saturated carbocycles. The Hall–Kier alpha value is -2.64. The zero-order valence-electron chi connectivity index (χ0n) is 10.2. The fourth-order valence-corrected chi connectivity index (χ4v) is 1.45. The van der Waals surface area contributed by atoms with Gasteiger partial charge in [-0.25, -0.2) is 4.79 Å². The molecule has 2 rings (SSSR count). The zero-order chi connectivity index (χ0) is 13.8. The first kappa shape index (κ1) is 12.8. The Morgan fingerprint density at radius 1 is 1.53 bits per heavy atom. The van der Waals surface area contributed by atoms with Crippen LogP contribution in [0.5, 0.6) is 0 Å². The van der Waals surface area contributed by atoms with Crippen molar-refractivity contribution in [2.24, 2.45) is 0 Å². The van der Waals surface area contributed by atoms with Crippen LogP contribution in [-0.4, -0.2) is 38.5 Å². The van der Waals surface area contributed by atoms with Crippen molar-refractivity contribution < 1.29 is 19.2 Å². The van der Waals surface area contributed by atoms with Gasteiger partial charge in [0, 0.05) is 18.8 Å². The third-order valence-electron chi connectivity index (χ3n) is 2.34. The summed E-state index contributed by atoms with van der Waals surface area (Å²) >= 11 is 0. The fraction of sp³-hybridized carbons (Fsp3) is 0.273. The predicted molar refractivity (Wildman–Crippen MR) is 62.8 cm³/mol. The summed E-state index contributed by atoms with van der Waals surface area (Å²) in [5.74, 6) is -2.12. The molecule has 100 valence electrons. The lowest BCUT2D eigenvalue weighted by Gasteiger charge is -2.02. The lowest BCUT2D eigenvalue weighted by molar-refractivity contribution is 0.0651. The third kappa shape index (κ3) is 3.18. The van der Waals surface area contributed by atoms with Crippen molar-refractivity contribution in [3.05, 3.63) is 35.5 Å². The average molecular weight is 264 g/mol. The van der Waals surface area contributed by atoms with Crippen LogP contribution in [0.2, 0.25) is 0 Å². The van der Waals surface area contributed by atoms with Gasteiger partial charge in [0.1, 0.15) is 0 Å². The number of amides is 1. The smallest absolute Gasteiger partial charge is 0.374 e. The summed E-state index contributed by atoms with van der Waals surface area (Å²) in [6.45, 7) is 2.79. The second kappa shape index (κ2) is 5.34. The molecule has 2 heterocycles. The van der Waals surface area contributed by atoms with Gasteiger partial charge >= 0.3 is 5.97 Å². The summed E-state index contributed by atoms with van der Waals surface area (Å²) < 4.78 is 6.18. The van der Waals surface area contributed by atoms with Crippen LogP contribution in [0.4, 0.5) is 0 Å². The molecule has 0 aliphatic carbocycles. The van der Waals surface area contributed by atoms with E-state index in [4.69, 9.17) is 5.11 Å². The van der Waals surface area contributed by atoms with Crippen molar-refractivity contribution >= 4 is 11.9 Å². The van der Waals surface area contributed by atoms with Gasteiger partial charge in [-0.05, 0) is 12.5 Å². The number of aromatic carboxylic acids is 1. The van der Waals surface area contributed by atoms with E-state index in [1.165, 1.54) is 0 Å². The van der Waals surface area contributed by atoms with E-state index in [0.717, 1.165) is 11.6 Å². The van der Waals surface area contributed by atoms with Crippen LogP contribution >= 0.6 is 0 Å². The van der Waals surface area contributed by atoms with Crippen LogP contribution in [0.1, 0.15) is 26.6 Å². The zero-order valence-corrected chi connectivity index (χ0v) is 10.2. The predicted octanol–water partition coefficient (Wildman–Crippen LogP) is 0.308. The number of carbonyl (C=O) groups is 2. The summed E-state index contributed by atoms with van der Waals surface area (Å²) in [6, 6.07) is 1.08. The number of nitrogens with one attached hydrogen (secondary N) is 1. The van der Waals surface area contributed by atoms with Crippen molar-refractivity contribution in [3.63, 3.8) is 0 Å². The molecule has 8 nitrogen and oxygen atoms in total. The van der Waals surface area contributed by atoms with Gasteiger partial charge in [0.05, 0.1) is 12.7 Å². The third-order valence-corrected chi connectivity index (χ3v) is 2.34. The molecule has 19 heavy (non-hydrogen) atoms. The fourth-order valence-electron chi connectivity index (χ4n) is 1.45. The standard InChI is InChI=1S/C11H12N4O4/c1-7-5-13-15(6-7)3-2-12-10(16)8-4-9(11(17)18)19-14-8/h4-6H,2-3H2,1H3,(H,12,16)(H,17,18). The highest BCUT2D eigenvalue weighted by Crippen LogP contribution is 2.03. The maximum absolute atomic E-state index is 11.6. The highest BCUT2D eigenvalue weighted by molar-refractivity contribution is 5.94. The van der Waals surface area contributed by atoms with Gasteiger partial charge < -0.3 is 14.9 Å². The quantitative estimate of drug-likeness (QED) is 0.804. The molecule has 0 radical (unpaired) electrons. The molecule has 0 aliphatic rings. The summed E-state index contributed by atoms with van der Waals surface area (Å²) in [7, 11) is 0. The first-order valence-corrected chi connectivity index (χ1v) is 5.53. The number of hydrogen-bond donors (Lipinski definition) is 2. The van der Waals surface area contributed by atoms with Gasteiger partial charge in [-0.2, -0.15) is 5.10 Å². The van der Waals surface area contributed by atoms with Crippen molar-refractivity contribution in [2.75, 3.05) is 6.54 Å². The largest absolute Gasteiger partial charge is 0.475 e. The van der Waals surface area contributed by atoms with Gasteiger partial charge in [0.25, 0.3) is 5.91 Å². The van der Waals surface area contributed by atoms with E-state index in [1.807, 2.05) is 13.1 Å². The molecule has 8 heteroatoms. The summed E-state index contributed by atoms with van der Waals surface area (Å²) in [4.78, 5) is 22.2. The molecule has 1 amide bonds. The van der Waals surface area contributed by atoms with Gasteiger partial charge in [0.2, 0.25) is 5.76 Å². The number of carboxylic acid groups (broad SMARTS) is 1. The molecule has 0 unspecified atom stereocenters. The van der Waals surface area contributed by atoms with Crippen molar-refractivity contribution in [1.82, 2.24) is 20.3 Å². The first-order valence-electron chi connectivity index (χ1n) is 5.53. The summed E-state index contributed by atoms with van der Waals surface area (Å²) in [6.07, 6.45) is 3.57. The summed E-state index contributed by atoms with van der Waals surface area (Å²) in [5.41, 5.74) is 0.975. The van der Waals surface area contributed by atoms with Gasteiger partial charge in [-0.15, -0.1) is 0 Å². The number of hydrogen-bond acceptors (Lipinski definition) is 5. The van der Waals surface area contributed by atoms with Crippen LogP contribution in [0.25, 0.3) is 0 Å². The van der Waals surface area contributed by atoms with Crippen molar-refractivity contribution in [2.45, 2.75) is 13.5 Å². The minimum Gasteiger partial charge on any atom is -0.475 e. The topological polar surface area (TPSA) is 110 Å². The number of aromatic nitrogens is 3. The molecule has 2 aromatic rings. The minimum atomic E-state index is -1.27. The molecule has 0 fully saturated rings. The lowest BCUT2D eigenvalue weighted by atomic mass is 10.3. The molecular weight excluding hydrogens is 252 g/mol. The monoisotopic (exact) mass is 264 g/mol. The molecule has 2 N–H and O–H groups in total. The SMILES string of the molecule is Cc1cnn(CCNC(=O)c2cc(C(=O)O)on2)c1. The summed E-state index contributed by atoms with van der Waals surface area (Å²) in [5, 5.41) is 18.7. The molecule has 0 spiro atoms. The van der Waals surface area contributed by atoms with Crippen LogP contribution in [0.15, 0.2) is 23.0 Å². The first-order chi connectivity index (χ1) is 9.06. The van der Waals surface area contributed by atoms with E-state index in [0.29, 0.717) is 13.1 Å². The normalized spacial score (nSPS) is 10.4. The van der Waals surface area contributed by atoms with E-state index in [9.17, 15) is 9.59 Å². The molecule has 2 aromatic heterocycles. The van der Waals surface area contributed by atoms with Gasteiger partial charge in [-0.3, -0.25) is 9.48 Å². The molecule has 0 saturated heterocycles. The Bertz CT molecular complexity index is 601. The van der Waals surface area contributed by atoms with Crippen LogP contribution in [0, 0.1) is 6.92 Å². The Labute approximate surface area is 108 Å². The maximum atomic E-state index is 11.6. The van der Waals surface area contributed by atoms with Crippen LogP contribution < -0.4 is 5.32 Å². The number of aryl methyl sites for hydroxylation is 1. The van der Waals surface area contributed by atoms with Gasteiger partial charge in [-0.1, -0.05) is 5.16 Å². The number of carboxylic acids is 1. The Kier molecular flexibility index (Phi) is 3.60. The Morgan fingerprint density at radius 2 is 2.32 bits per heavy atom. The van der Waals surface area contributed by atoms with E-state index in [-0.39, 0.29) is 11.5 Å². The van der Waals surface area contributed by atoms with Crippen molar-refractivity contribution in [1.29, 1.82) is 0 Å². The molecule has 0 bridgehead atoms. The van der Waals surface area contributed by atoms with Crippen molar-refractivity contribution in [3.8, 4) is 0 Å². The Morgan fingerprint density at radius 3 is 2.89 bits per heavy atom. The number of nitrogens with zero attached hydrogens (tertiary/aromatic N) is 3. The van der Waals surface area contributed by atoms with Crippen LogP contribution in [-0.2, 0) is 6.54 Å². The molecule has 0 aromatic carbocycles. The lowest BCUT2D eigenvalue weighted by Crippen LogP contribution is -2.27. The molecule has 0 atom stereocenters. The number of rotatable bonds is 5. The second-order valence-corrected chi connectivity index (χ2v) is 3.92. The van der Waals surface area contributed by atoms with E-state index < -0.39 is 11.9 Å². The van der Waals surface area contributed by atoms with E-state index in [1.54, 1.807) is 10.9 Å². The average Bonchev–Trinajstić information content (AvgIpc) is 2.98. The van der Waals surface area contributed by atoms with E-state index in [2.05, 4.69) is 20.1 Å². The molecule has 0 aliphatic heterocycles. The van der Waals surface area contributed by atoms with E-state index >= 15 is 0 Å². The number of carbonyl (C=O) groups excluding carboxylic acids is 1.